The van der Waals surface area contributed by atoms with E-state index in [0.717, 1.165) is 11.1 Å². The van der Waals surface area contributed by atoms with Crippen molar-refractivity contribution in [3.63, 3.8) is 0 Å². The van der Waals surface area contributed by atoms with Crippen molar-refractivity contribution in [3.05, 3.63) is 68.7 Å². The van der Waals surface area contributed by atoms with Crippen molar-refractivity contribution in [1.29, 1.82) is 0 Å². The number of rotatable bonds is 4. The number of fused-ring (bicyclic) bond motifs is 1. The highest BCUT2D eigenvalue weighted by Crippen LogP contribution is 2.54. The van der Waals surface area contributed by atoms with Crippen molar-refractivity contribution in [1.82, 2.24) is 0 Å². The second-order valence-corrected chi connectivity index (χ2v) is 8.05. The monoisotopic (exact) mass is 388 g/mol. The van der Waals surface area contributed by atoms with E-state index >= 15 is 0 Å². The minimum Gasteiger partial charge on any atom is -0.364 e. The van der Waals surface area contributed by atoms with Gasteiger partial charge >= 0.3 is 0 Å². The maximum atomic E-state index is 13.2. The minimum absolute atomic E-state index is 0.180. The van der Waals surface area contributed by atoms with E-state index in [4.69, 9.17) is 27.9 Å². The molecule has 1 unspecified atom stereocenters. The molecule has 1 saturated heterocycles. The number of halogens is 2. The van der Waals surface area contributed by atoms with E-state index in [1.165, 1.54) is 12.1 Å². The van der Waals surface area contributed by atoms with Crippen molar-refractivity contribution in [2.75, 3.05) is 6.61 Å². The lowest BCUT2D eigenvalue weighted by atomic mass is 9.71. The molecule has 2 aromatic carbocycles. The van der Waals surface area contributed by atoms with Crippen LogP contribution in [0, 0.1) is 12.3 Å². The Morgan fingerprint density at radius 1 is 1.04 bits per heavy atom. The number of hydrogen-bond acceptors (Lipinski definition) is 3. The topological polar surface area (TPSA) is 46.7 Å². The highest BCUT2D eigenvalue weighted by atomic mass is 35.5. The maximum Gasteiger partial charge on any atom is 0.177 e. The third-order valence-electron chi connectivity index (χ3n) is 5.65. The van der Waals surface area contributed by atoms with Crippen LogP contribution in [0.3, 0.4) is 0 Å². The van der Waals surface area contributed by atoms with Crippen LogP contribution in [0.5, 0.6) is 0 Å². The molecule has 0 radical (unpaired) electrons. The molecule has 1 aliphatic heterocycles. The first-order valence-corrected chi connectivity index (χ1v) is 9.38. The lowest BCUT2D eigenvalue weighted by Crippen LogP contribution is -2.37. The predicted molar refractivity (Wildman–Crippen MR) is 101 cm³/mol. The number of ether oxygens (including phenoxy) is 1. The summed E-state index contributed by atoms with van der Waals surface area (Å²) in [5.41, 5.74) is 1.16. The molecule has 0 N–H and O–H groups in total. The molecule has 1 aliphatic carbocycles. The summed E-state index contributed by atoms with van der Waals surface area (Å²) in [5, 5.41) is 0.573. The molecule has 4 rings (SSSR count). The molecule has 1 heterocycles. The van der Waals surface area contributed by atoms with Gasteiger partial charge in [-0.2, -0.15) is 0 Å². The lowest BCUT2D eigenvalue weighted by Gasteiger charge is -2.28. The first-order chi connectivity index (χ1) is 12.3. The quantitative estimate of drug-likeness (QED) is 0.520. The van der Waals surface area contributed by atoms with Crippen molar-refractivity contribution in [2.24, 2.45) is 5.41 Å². The van der Waals surface area contributed by atoms with Crippen LogP contribution in [0.1, 0.15) is 51.6 Å². The number of ketones is 2. The molecule has 26 heavy (non-hydrogen) atoms. The molecule has 3 nitrogen and oxygen atoms in total. The van der Waals surface area contributed by atoms with Gasteiger partial charge in [-0.3, -0.25) is 9.59 Å². The van der Waals surface area contributed by atoms with Crippen LogP contribution in [0.15, 0.2) is 36.4 Å². The summed E-state index contributed by atoms with van der Waals surface area (Å²) in [4.78, 5) is 26.5. The standard InChI is InChI=1S/C21H18Cl2O3/c1-3-20(10-21(11-26-21)13-6-4-5-12(2)7-13)18(24)14-8-16(22)17(23)9-15(14)19(20)25/h4-9H,3,10-11H2,1-2H3. The van der Waals surface area contributed by atoms with Crippen LogP contribution in [0.2, 0.25) is 10.0 Å². The second kappa shape index (κ2) is 5.91. The predicted octanol–water partition coefficient (Wildman–Crippen LogP) is 5.39. The van der Waals surface area contributed by atoms with Crippen LogP contribution in [-0.4, -0.2) is 18.2 Å². The van der Waals surface area contributed by atoms with Gasteiger partial charge in [0.15, 0.2) is 11.6 Å². The van der Waals surface area contributed by atoms with Gasteiger partial charge in [-0.05, 0) is 31.0 Å². The van der Waals surface area contributed by atoms with Gasteiger partial charge in [0.25, 0.3) is 0 Å². The molecular formula is C21H18Cl2O3. The van der Waals surface area contributed by atoms with Crippen molar-refractivity contribution in [2.45, 2.75) is 32.3 Å². The van der Waals surface area contributed by atoms with Gasteiger partial charge in [0.1, 0.15) is 5.60 Å². The van der Waals surface area contributed by atoms with Gasteiger partial charge in [-0.15, -0.1) is 0 Å². The SMILES string of the molecule is CCC1(CC2(c3cccc(C)c3)CO2)C(=O)c2cc(Cl)c(Cl)cc2C1=O. The van der Waals surface area contributed by atoms with E-state index in [1.807, 2.05) is 32.0 Å². The molecule has 134 valence electrons. The molecule has 0 amide bonds. The summed E-state index contributed by atoms with van der Waals surface area (Å²) in [5.74, 6) is -0.359. The number of benzene rings is 2. The first-order valence-electron chi connectivity index (χ1n) is 8.63. The van der Waals surface area contributed by atoms with Gasteiger partial charge < -0.3 is 4.74 Å². The smallest absolute Gasteiger partial charge is 0.177 e. The number of epoxide rings is 1. The zero-order valence-corrected chi connectivity index (χ0v) is 16.1. The van der Waals surface area contributed by atoms with E-state index in [9.17, 15) is 9.59 Å². The molecule has 2 aliphatic rings. The second-order valence-electron chi connectivity index (χ2n) is 7.24. The highest BCUT2D eigenvalue weighted by Gasteiger charge is 2.60. The molecule has 5 heteroatoms. The molecule has 0 saturated carbocycles. The number of Topliss-reactive ketones (excluding diaryl/α,β-unsaturated/α-hetero) is 2. The average Bonchev–Trinajstić information content (AvgIpc) is 3.38. The lowest BCUT2D eigenvalue weighted by molar-refractivity contribution is 0.0617. The van der Waals surface area contributed by atoms with E-state index in [1.54, 1.807) is 0 Å². The zero-order valence-electron chi connectivity index (χ0n) is 14.6. The third-order valence-corrected chi connectivity index (χ3v) is 6.37. The Bertz CT molecular complexity index is 903. The molecule has 0 aromatic heterocycles. The molecule has 2 aromatic rings. The Balaban J connectivity index is 1.77. The van der Waals surface area contributed by atoms with Crippen LogP contribution < -0.4 is 0 Å². The highest BCUT2D eigenvalue weighted by molar-refractivity contribution is 6.43. The fourth-order valence-corrected chi connectivity index (χ4v) is 4.35. The van der Waals surface area contributed by atoms with E-state index < -0.39 is 11.0 Å². The summed E-state index contributed by atoms with van der Waals surface area (Å²) < 4.78 is 5.81. The van der Waals surface area contributed by atoms with Crippen molar-refractivity contribution < 1.29 is 14.3 Å². The van der Waals surface area contributed by atoms with E-state index in [2.05, 4.69) is 6.07 Å². The fourth-order valence-electron chi connectivity index (χ4n) is 4.02. The van der Waals surface area contributed by atoms with Crippen LogP contribution in [0.4, 0.5) is 0 Å². The van der Waals surface area contributed by atoms with Crippen LogP contribution >= 0.6 is 23.2 Å². The van der Waals surface area contributed by atoms with Gasteiger partial charge in [-0.25, -0.2) is 0 Å². The van der Waals surface area contributed by atoms with Gasteiger partial charge in [0.2, 0.25) is 0 Å². The summed E-state index contributed by atoms with van der Waals surface area (Å²) in [7, 11) is 0. The van der Waals surface area contributed by atoms with Gasteiger partial charge in [0.05, 0.1) is 22.1 Å². The fraction of sp³-hybridized carbons (Fsp3) is 0.333. The Labute approximate surface area is 162 Å². The van der Waals surface area contributed by atoms with Gasteiger partial charge in [0, 0.05) is 17.5 Å². The minimum atomic E-state index is -1.13. The molecule has 1 atom stereocenters. The number of carbonyl (C=O) groups excluding carboxylic acids is 2. The number of aryl methyl sites for hydroxylation is 1. The summed E-state index contributed by atoms with van der Waals surface area (Å²) >= 11 is 12.2. The molecular weight excluding hydrogens is 371 g/mol. The number of hydrogen-bond donors (Lipinski definition) is 0. The Hall–Kier alpha value is -1.68. The first kappa shape index (κ1) is 17.7. The third kappa shape index (κ3) is 2.45. The average molecular weight is 389 g/mol. The van der Waals surface area contributed by atoms with Gasteiger partial charge in [-0.1, -0.05) is 60.0 Å². The van der Waals surface area contributed by atoms with Crippen LogP contribution in [-0.2, 0) is 10.3 Å². The molecule has 1 fully saturated rings. The van der Waals surface area contributed by atoms with E-state index in [0.29, 0.717) is 30.6 Å². The molecule has 0 spiro atoms. The summed E-state index contributed by atoms with van der Waals surface area (Å²) in [6, 6.07) is 11.1. The number of carbonyl (C=O) groups is 2. The summed E-state index contributed by atoms with van der Waals surface area (Å²) in [6.07, 6.45) is 0.743. The Kier molecular flexibility index (Phi) is 4.03. The van der Waals surface area contributed by atoms with E-state index in [-0.39, 0.29) is 21.6 Å². The Morgan fingerprint density at radius 3 is 2.08 bits per heavy atom. The Morgan fingerprint density at radius 2 is 1.62 bits per heavy atom. The normalized spacial score (nSPS) is 23.2. The van der Waals surface area contributed by atoms with Crippen molar-refractivity contribution >= 4 is 34.8 Å². The molecule has 0 bridgehead atoms. The maximum absolute atomic E-state index is 13.2. The van der Waals surface area contributed by atoms with Crippen LogP contribution in [0.25, 0.3) is 0 Å². The summed E-state index contributed by atoms with van der Waals surface area (Å²) in [6.45, 7) is 4.40. The van der Waals surface area contributed by atoms with Crippen molar-refractivity contribution in [3.8, 4) is 0 Å². The zero-order chi connectivity index (χ0) is 18.7. The largest absolute Gasteiger partial charge is 0.364 e.